The van der Waals surface area contributed by atoms with Gasteiger partial charge in [0.05, 0.1) is 38.0 Å². The third-order valence-electron chi connectivity index (χ3n) is 12.7. The van der Waals surface area contributed by atoms with Gasteiger partial charge in [0.1, 0.15) is 30.5 Å². The molecule has 0 radical (unpaired) electrons. The fraction of sp³-hybridized carbons (Fsp3) is 0.278. The highest BCUT2D eigenvalue weighted by Gasteiger charge is 2.39. The third-order valence-corrected chi connectivity index (χ3v) is 13.2. The summed E-state index contributed by atoms with van der Waals surface area (Å²) in [5, 5.41) is 36.5. The molecule has 0 saturated carbocycles. The molecule has 0 aromatic heterocycles. The van der Waals surface area contributed by atoms with E-state index in [1.807, 2.05) is 60.7 Å². The molecule has 74 heavy (non-hydrogen) atoms. The number of fused-ring (bicyclic) bond motifs is 2. The van der Waals surface area contributed by atoms with Crippen molar-refractivity contribution in [2.75, 3.05) is 62.0 Å². The first kappa shape index (κ1) is 52.3. The van der Waals surface area contributed by atoms with E-state index in [2.05, 4.69) is 15.5 Å². The van der Waals surface area contributed by atoms with Crippen molar-refractivity contribution in [1.82, 2.24) is 15.5 Å². The Bertz CT molecular complexity index is 3220. The van der Waals surface area contributed by atoms with E-state index >= 15 is 0 Å². The van der Waals surface area contributed by atoms with Crippen molar-refractivity contribution in [3.63, 3.8) is 0 Å². The summed E-state index contributed by atoms with van der Waals surface area (Å²) in [7, 11) is -3.64. The van der Waals surface area contributed by atoms with Gasteiger partial charge in [0.15, 0.2) is 0 Å². The third kappa shape index (κ3) is 13.3. The molecule has 6 aromatic carbocycles. The molecular formula is C54H55N7O12S. The van der Waals surface area contributed by atoms with Crippen molar-refractivity contribution in [3.05, 3.63) is 156 Å². The van der Waals surface area contributed by atoms with Crippen LogP contribution in [0.3, 0.4) is 0 Å². The predicted octanol–water partition coefficient (Wildman–Crippen LogP) is 6.60. The van der Waals surface area contributed by atoms with Gasteiger partial charge in [-0.1, -0.05) is 60.7 Å². The average Bonchev–Trinajstić information content (AvgIpc) is 3.96. The molecule has 0 spiro atoms. The molecule has 3 saturated heterocycles. The maximum atomic E-state index is 12.7. The summed E-state index contributed by atoms with van der Waals surface area (Å²) in [6.07, 6.45) is -0.315. The number of piperidine rings is 1. The summed E-state index contributed by atoms with van der Waals surface area (Å²) < 4.78 is 42.6. The maximum Gasteiger partial charge on any atom is 0.414 e. The monoisotopic (exact) mass is 1030 g/mol. The number of nitrogens with zero attached hydrogens (tertiary/aromatic N) is 3. The number of esters is 1. The number of carbonyl (C=O) groups is 5. The highest BCUT2D eigenvalue weighted by molar-refractivity contribution is 7.86. The summed E-state index contributed by atoms with van der Waals surface area (Å²) in [5.41, 5.74) is 1.96. The number of rotatable bonds is 14. The molecule has 0 bridgehead atoms. The van der Waals surface area contributed by atoms with E-state index in [0.29, 0.717) is 79.3 Å². The van der Waals surface area contributed by atoms with E-state index in [0.717, 1.165) is 27.8 Å². The highest BCUT2D eigenvalue weighted by Crippen LogP contribution is 2.29. The number of likely N-dealkylation sites (tertiary alicyclic amines) is 1. The molecule has 3 fully saturated rings. The van der Waals surface area contributed by atoms with Crippen LogP contribution in [-0.4, -0.2) is 130 Å². The highest BCUT2D eigenvalue weighted by atomic mass is 32.2. The van der Waals surface area contributed by atoms with Crippen LogP contribution in [0.5, 0.6) is 0 Å². The normalized spacial score (nSPS) is 17.4. The number of amidine groups is 2. The lowest BCUT2D eigenvalue weighted by Crippen LogP contribution is -2.48. The zero-order valence-electron chi connectivity index (χ0n) is 40.6. The molecule has 3 heterocycles. The Morgan fingerprint density at radius 3 is 1.55 bits per heavy atom. The van der Waals surface area contributed by atoms with Crippen molar-refractivity contribution in [3.8, 4) is 0 Å². The van der Waals surface area contributed by atoms with Gasteiger partial charge in [-0.15, -0.1) is 0 Å². The summed E-state index contributed by atoms with van der Waals surface area (Å²) in [4.78, 5) is 66.9. The SMILES string of the molecule is CCOC(=O)CC1(O)CCN(CC2CN(c3ccc(C(=N)NC(=O)c4ccc5ccccc5c4)cc3)C(=O)O2)CC1.CS(=O)(=O)OCC1CN(c2ccc(C(=N)NC(=O)c3ccc4ccccc4c3)cc2)C(=O)O1. The summed E-state index contributed by atoms with van der Waals surface area (Å²) >= 11 is 0. The number of carbonyl (C=O) groups excluding carboxylic acids is 5. The van der Waals surface area contributed by atoms with Crippen LogP contribution in [0.4, 0.5) is 21.0 Å². The lowest BCUT2D eigenvalue weighted by Gasteiger charge is -2.38. The van der Waals surface area contributed by atoms with Crippen LogP contribution in [0.25, 0.3) is 21.5 Å². The van der Waals surface area contributed by atoms with Gasteiger partial charge in [0.2, 0.25) is 0 Å². The van der Waals surface area contributed by atoms with E-state index in [-0.39, 0.29) is 43.3 Å². The Morgan fingerprint density at radius 1 is 0.662 bits per heavy atom. The second-order valence-electron chi connectivity index (χ2n) is 18.1. The van der Waals surface area contributed by atoms with Gasteiger partial charge in [0, 0.05) is 53.3 Å². The molecule has 5 N–H and O–H groups in total. The van der Waals surface area contributed by atoms with E-state index in [9.17, 15) is 37.5 Å². The zero-order chi connectivity index (χ0) is 52.6. The Morgan fingerprint density at radius 2 is 1.09 bits per heavy atom. The zero-order valence-corrected chi connectivity index (χ0v) is 41.4. The molecule has 0 aliphatic carbocycles. The number of cyclic esters (lactones) is 2. The number of aliphatic hydroxyl groups is 1. The standard InChI is InChI=1S/C31H34N4O6.C23H21N3O6S/c1-2-40-27(36)18-31(39)13-15-34(16-14-31)19-26-20-35(30(38)41-26)25-11-9-22(10-12-25)28(32)33-29(37)24-8-7-21-5-3-4-6-23(21)17-24;1-33(29,30)31-14-20-13-26(23(28)32-20)19-10-8-16(9-11-19)21(24)25-22(27)18-7-6-15-4-2-3-5-17(15)12-18/h3-12,17,26,39H,2,13-16,18-20H2,1H3,(H2,32,33,37);2-12,20H,13-14H2,1H3,(H2,24,25,27). The Hall–Kier alpha value is -8.04. The van der Waals surface area contributed by atoms with E-state index in [1.54, 1.807) is 84.6 Å². The fourth-order valence-corrected chi connectivity index (χ4v) is 9.14. The van der Waals surface area contributed by atoms with Crippen molar-refractivity contribution in [1.29, 1.82) is 10.8 Å². The van der Waals surface area contributed by atoms with Crippen molar-refractivity contribution in [2.24, 2.45) is 0 Å². The lowest BCUT2D eigenvalue weighted by atomic mass is 9.88. The van der Waals surface area contributed by atoms with E-state index in [4.69, 9.17) is 29.2 Å². The molecular weight excluding hydrogens is 971 g/mol. The van der Waals surface area contributed by atoms with Crippen LogP contribution in [0.1, 0.15) is 58.0 Å². The van der Waals surface area contributed by atoms with E-state index < -0.39 is 45.9 Å². The van der Waals surface area contributed by atoms with Crippen LogP contribution in [0.15, 0.2) is 133 Å². The van der Waals surface area contributed by atoms with Gasteiger partial charge in [0.25, 0.3) is 21.9 Å². The molecule has 6 aromatic rings. The molecule has 384 valence electrons. The van der Waals surface area contributed by atoms with Gasteiger partial charge in [-0.2, -0.15) is 8.42 Å². The van der Waals surface area contributed by atoms with Crippen LogP contribution < -0.4 is 20.4 Å². The first-order valence-corrected chi connectivity index (χ1v) is 25.6. The van der Waals surface area contributed by atoms with Crippen molar-refractivity contribution >= 4 is 84.7 Å². The van der Waals surface area contributed by atoms with Gasteiger partial charge in [-0.3, -0.25) is 44.1 Å². The van der Waals surface area contributed by atoms with Gasteiger partial charge in [-0.25, -0.2) is 9.59 Å². The number of benzene rings is 6. The summed E-state index contributed by atoms with van der Waals surface area (Å²) in [5.74, 6) is -1.27. The van der Waals surface area contributed by atoms with Crippen LogP contribution in [0, 0.1) is 10.8 Å². The van der Waals surface area contributed by atoms with Gasteiger partial charge in [-0.05, 0) is 114 Å². The number of ether oxygens (including phenoxy) is 3. The van der Waals surface area contributed by atoms with Gasteiger partial charge < -0.3 is 30.0 Å². The summed E-state index contributed by atoms with van der Waals surface area (Å²) in [6.45, 7) is 3.98. The second-order valence-corrected chi connectivity index (χ2v) is 19.7. The number of hydrogen-bond acceptors (Lipinski definition) is 15. The van der Waals surface area contributed by atoms with E-state index in [1.165, 1.54) is 4.90 Å². The molecule has 2 atom stereocenters. The minimum atomic E-state index is -3.64. The van der Waals surface area contributed by atoms with Crippen molar-refractivity contribution < 1.29 is 55.9 Å². The summed E-state index contributed by atoms with van der Waals surface area (Å²) in [6, 6.07) is 39.5. The number of nitrogens with one attached hydrogen (secondary N) is 4. The Labute approximate surface area is 427 Å². The lowest BCUT2D eigenvalue weighted by molar-refractivity contribution is -0.150. The Kier molecular flexibility index (Phi) is 16.1. The molecule has 3 aliphatic heterocycles. The van der Waals surface area contributed by atoms with Crippen LogP contribution >= 0.6 is 0 Å². The fourth-order valence-electron chi connectivity index (χ4n) is 8.74. The average molecular weight is 1030 g/mol. The molecule has 20 heteroatoms. The molecule has 19 nitrogen and oxygen atoms in total. The minimum absolute atomic E-state index is 0.0125. The van der Waals surface area contributed by atoms with Crippen LogP contribution in [-0.2, 0) is 33.3 Å². The second kappa shape index (κ2) is 22.8. The number of amides is 4. The molecule has 3 aliphatic rings. The molecule has 4 amide bonds. The number of hydrogen-bond donors (Lipinski definition) is 5. The quantitative estimate of drug-likeness (QED) is 0.0254. The first-order chi connectivity index (χ1) is 35.4. The smallest absolute Gasteiger partial charge is 0.414 e. The minimum Gasteiger partial charge on any atom is -0.466 e. The molecule has 9 rings (SSSR count). The van der Waals surface area contributed by atoms with Gasteiger partial charge >= 0.3 is 18.2 Å². The van der Waals surface area contributed by atoms with Crippen molar-refractivity contribution in [2.45, 2.75) is 44.0 Å². The van der Waals surface area contributed by atoms with Crippen LogP contribution in [0.2, 0.25) is 0 Å². The topological polar surface area (TPSA) is 258 Å². The number of anilines is 2. The Balaban J connectivity index is 0.000000202. The first-order valence-electron chi connectivity index (χ1n) is 23.8. The maximum absolute atomic E-state index is 12.7. The predicted molar refractivity (Wildman–Crippen MR) is 277 cm³/mol. The molecule has 2 unspecified atom stereocenters. The largest absolute Gasteiger partial charge is 0.466 e.